The molecular formula is C27H34N2O4S2. The van der Waals surface area contributed by atoms with E-state index >= 15 is 0 Å². The van der Waals surface area contributed by atoms with Crippen LogP contribution in [0.5, 0.6) is 11.5 Å². The van der Waals surface area contributed by atoms with Gasteiger partial charge < -0.3 is 19.3 Å². The Labute approximate surface area is 216 Å². The molecule has 0 aliphatic heterocycles. The number of carbonyl (C=O) groups is 2. The first-order valence-electron chi connectivity index (χ1n) is 11.7. The number of aryl methyl sites for hydroxylation is 1. The highest BCUT2D eigenvalue weighted by atomic mass is 32.1. The van der Waals surface area contributed by atoms with Crippen molar-refractivity contribution in [1.29, 1.82) is 0 Å². The fourth-order valence-electron chi connectivity index (χ4n) is 3.81. The molecule has 0 N–H and O–H groups in total. The molecule has 0 fully saturated rings. The van der Waals surface area contributed by atoms with E-state index in [4.69, 9.17) is 9.47 Å². The van der Waals surface area contributed by atoms with Crippen molar-refractivity contribution in [2.75, 3.05) is 33.9 Å². The molecular weight excluding hydrogens is 480 g/mol. The van der Waals surface area contributed by atoms with Crippen LogP contribution in [-0.2, 0) is 17.8 Å². The van der Waals surface area contributed by atoms with Crippen molar-refractivity contribution in [3.63, 3.8) is 0 Å². The van der Waals surface area contributed by atoms with Gasteiger partial charge in [0, 0.05) is 18.0 Å². The highest BCUT2D eigenvalue weighted by Gasteiger charge is 2.24. The number of nitrogens with zero attached hydrogens (tertiary/aromatic N) is 2. The van der Waals surface area contributed by atoms with Gasteiger partial charge in [0.1, 0.15) is 6.54 Å². The molecule has 0 aliphatic carbocycles. The maximum absolute atomic E-state index is 13.6. The van der Waals surface area contributed by atoms with E-state index in [0.717, 1.165) is 10.4 Å². The SMILES string of the molecule is COc1ccc(CCN(Cc2sccc2C)C(=O)CN(CC(C)C)C(=O)c2cccs2)cc1OC. The average molecular weight is 515 g/mol. The Balaban J connectivity index is 1.79. The van der Waals surface area contributed by atoms with Gasteiger partial charge in [-0.1, -0.05) is 26.0 Å². The van der Waals surface area contributed by atoms with E-state index in [-0.39, 0.29) is 24.3 Å². The lowest BCUT2D eigenvalue weighted by molar-refractivity contribution is -0.132. The number of ether oxygens (including phenoxy) is 2. The van der Waals surface area contributed by atoms with Gasteiger partial charge in [0.2, 0.25) is 5.91 Å². The first-order valence-corrected chi connectivity index (χ1v) is 13.4. The summed E-state index contributed by atoms with van der Waals surface area (Å²) in [5.74, 6) is 1.46. The number of carbonyl (C=O) groups excluding carboxylic acids is 2. The van der Waals surface area contributed by atoms with Gasteiger partial charge in [0.05, 0.1) is 25.6 Å². The molecule has 0 unspecified atom stereocenters. The van der Waals surface area contributed by atoms with Crippen molar-refractivity contribution in [2.45, 2.75) is 33.7 Å². The van der Waals surface area contributed by atoms with Crippen LogP contribution in [0.4, 0.5) is 0 Å². The Morgan fingerprint density at radius 3 is 2.34 bits per heavy atom. The van der Waals surface area contributed by atoms with Crippen LogP contribution in [0.15, 0.2) is 47.2 Å². The number of hydrogen-bond donors (Lipinski definition) is 0. The predicted octanol–water partition coefficient (Wildman–Crippen LogP) is 5.50. The molecule has 0 saturated heterocycles. The summed E-state index contributed by atoms with van der Waals surface area (Å²) in [7, 11) is 3.23. The van der Waals surface area contributed by atoms with Crippen LogP contribution in [-0.4, -0.2) is 55.5 Å². The van der Waals surface area contributed by atoms with Crippen molar-refractivity contribution in [1.82, 2.24) is 9.80 Å². The molecule has 0 atom stereocenters. The standard InChI is InChI=1S/C27H34N2O4S2/c1-19(2)16-29(27(31)24-7-6-13-34-24)18-26(30)28(17-25-20(3)11-14-35-25)12-10-21-8-9-22(32-4)23(15-21)33-5/h6-9,11,13-15,19H,10,12,16-18H2,1-5H3. The largest absolute Gasteiger partial charge is 0.493 e. The zero-order chi connectivity index (χ0) is 25.4. The molecule has 3 rings (SSSR count). The van der Waals surface area contributed by atoms with Crippen LogP contribution in [0.25, 0.3) is 0 Å². The van der Waals surface area contributed by atoms with Crippen molar-refractivity contribution < 1.29 is 19.1 Å². The summed E-state index contributed by atoms with van der Waals surface area (Å²) < 4.78 is 10.8. The normalized spacial score (nSPS) is 10.9. The van der Waals surface area contributed by atoms with Gasteiger partial charge in [0.15, 0.2) is 11.5 Å². The lowest BCUT2D eigenvalue weighted by atomic mass is 10.1. The molecule has 188 valence electrons. The van der Waals surface area contributed by atoms with E-state index < -0.39 is 0 Å². The van der Waals surface area contributed by atoms with E-state index in [2.05, 4.69) is 26.8 Å². The number of methoxy groups -OCH3 is 2. The van der Waals surface area contributed by atoms with Crippen LogP contribution < -0.4 is 9.47 Å². The minimum Gasteiger partial charge on any atom is -0.493 e. The summed E-state index contributed by atoms with van der Waals surface area (Å²) in [6, 6.07) is 11.6. The Kier molecular flexibility index (Phi) is 9.74. The van der Waals surface area contributed by atoms with E-state index in [1.807, 2.05) is 46.0 Å². The molecule has 0 radical (unpaired) electrons. The Morgan fingerprint density at radius 2 is 1.74 bits per heavy atom. The zero-order valence-electron chi connectivity index (χ0n) is 21.1. The van der Waals surface area contributed by atoms with Crippen molar-refractivity contribution in [2.24, 2.45) is 5.92 Å². The van der Waals surface area contributed by atoms with Crippen LogP contribution >= 0.6 is 22.7 Å². The molecule has 3 aromatic rings. The topological polar surface area (TPSA) is 59.1 Å². The number of benzene rings is 1. The fraction of sp³-hybridized carbons (Fsp3) is 0.407. The molecule has 0 spiro atoms. The second kappa shape index (κ2) is 12.7. The van der Waals surface area contributed by atoms with Gasteiger partial charge in [-0.3, -0.25) is 9.59 Å². The van der Waals surface area contributed by atoms with Crippen LogP contribution in [0.2, 0.25) is 0 Å². The Morgan fingerprint density at radius 1 is 0.971 bits per heavy atom. The summed E-state index contributed by atoms with van der Waals surface area (Å²) in [5, 5.41) is 3.94. The number of hydrogen-bond acceptors (Lipinski definition) is 6. The molecule has 2 heterocycles. The van der Waals surface area contributed by atoms with E-state index in [9.17, 15) is 9.59 Å². The lowest BCUT2D eigenvalue weighted by Crippen LogP contribution is -2.44. The highest BCUT2D eigenvalue weighted by molar-refractivity contribution is 7.12. The number of rotatable bonds is 12. The number of amides is 2. The van der Waals surface area contributed by atoms with E-state index in [1.54, 1.807) is 30.5 Å². The summed E-state index contributed by atoms with van der Waals surface area (Å²) in [5.41, 5.74) is 2.23. The molecule has 8 heteroatoms. The van der Waals surface area contributed by atoms with Crippen LogP contribution in [0.1, 0.15) is 39.5 Å². The third-order valence-corrected chi connectivity index (χ3v) is 7.57. The quantitative estimate of drug-likeness (QED) is 0.320. The summed E-state index contributed by atoms with van der Waals surface area (Å²) in [4.78, 5) is 32.1. The number of thiophene rings is 2. The molecule has 2 aromatic heterocycles. The van der Waals surface area contributed by atoms with Gasteiger partial charge in [-0.05, 0) is 65.4 Å². The fourth-order valence-corrected chi connectivity index (χ4v) is 5.42. The maximum atomic E-state index is 13.6. The second-order valence-electron chi connectivity index (χ2n) is 8.84. The zero-order valence-corrected chi connectivity index (χ0v) is 22.7. The highest BCUT2D eigenvalue weighted by Crippen LogP contribution is 2.28. The van der Waals surface area contributed by atoms with E-state index in [0.29, 0.717) is 42.4 Å². The van der Waals surface area contributed by atoms with Crippen molar-refractivity contribution in [3.8, 4) is 11.5 Å². The van der Waals surface area contributed by atoms with Crippen LogP contribution in [0.3, 0.4) is 0 Å². The van der Waals surface area contributed by atoms with Crippen molar-refractivity contribution >= 4 is 34.5 Å². The van der Waals surface area contributed by atoms with Gasteiger partial charge in [-0.15, -0.1) is 22.7 Å². The monoisotopic (exact) mass is 514 g/mol. The van der Waals surface area contributed by atoms with E-state index in [1.165, 1.54) is 16.9 Å². The van der Waals surface area contributed by atoms with Crippen molar-refractivity contribution in [3.05, 3.63) is 68.0 Å². The minimum atomic E-state index is -0.0887. The molecule has 0 bridgehead atoms. The first kappa shape index (κ1) is 26.8. The molecule has 0 aliphatic rings. The lowest BCUT2D eigenvalue weighted by Gasteiger charge is -2.28. The second-order valence-corrected chi connectivity index (χ2v) is 10.8. The molecule has 1 aromatic carbocycles. The molecule has 6 nitrogen and oxygen atoms in total. The molecule has 35 heavy (non-hydrogen) atoms. The summed E-state index contributed by atoms with van der Waals surface area (Å²) in [6.45, 7) is 7.84. The van der Waals surface area contributed by atoms with Gasteiger partial charge in [0.25, 0.3) is 5.91 Å². The Hall–Kier alpha value is -2.84. The smallest absolute Gasteiger partial charge is 0.264 e. The Bertz CT molecular complexity index is 1110. The third kappa shape index (κ3) is 7.32. The maximum Gasteiger partial charge on any atom is 0.264 e. The third-order valence-electron chi connectivity index (χ3n) is 5.70. The first-order chi connectivity index (χ1) is 16.8. The van der Waals surface area contributed by atoms with Gasteiger partial charge in [-0.25, -0.2) is 0 Å². The predicted molar refractivity (Wildman–Crippen MR) is 143 cm³/mol. The summed E-state index contributed by atoms with van der Waals surface area (Å²) in [6.07, 6.45) is 0.666. The molecule has 0 saturated carbocycles. The van der Waals surface area contributed by atoms with Gasteiger partial charge >= 0.3 is 0 Å². The average Bonchev–Trinajstić information content (AvgIpc) is 3.52. The summed E-state index contributed by atoms with van der Waals surface area (Å²) >= 11 is 3.06. The molecule has 2 amide bonds. The van der Waals surface area contributed by atoms with Crippen LogP contribution in [0, 0.1) is 12.8 Å². The minimum absolute atomic E-state index is 0.0520. The van der Waals surface area contributed by atoms with Gasteiger partial charge in [-0.2, -0.15) is 0 Å².